The molecule has 108 valence electrons. The van der Waals surface area contributed by atoms with E-state index < -0.39 is 0 Å². The molecule has 1 aliphatic rings. The van der Waals surface area contributed by atoms with Crippen molar-refractivity contribution in [1.82, 2.24) is 9.80 Å². The molecule has 1 atom stereocenters. The van der Waals surface area contributed by atoms with Gasteiger partial charge in [-0.05, 0) is 24.1 Å². The molecule has 4 heteroatoms. The van der Waals surface area contributed by atoms with Gasteiger partial charge in [0.15, 0.2) is 0 Å². The molecule has 1 heterocycles. The van der Waals surface area contributed by atoms with Crippen LogP contribution in [0.4, 0.5) is 0 Å². The monoisotopic (exact) mass is 273 g/mol. The number of hydrogen-bond donors (Lipinski definition) is 0. The summed E-state index contributed by atoms with van der Waals surface area (Å²) in [6.07, 6.45) is 0.909. The van der Waals surface area contributed by atoms with Crippen LogP contribution in [0.5, 0.6) is 5.75 Å². The largest absolute Gasteiger partial charge is 0.497 e. The van der Waals surface area contributed by atoms with Gasteiger partial charge in [-0.1, -0.05) is 19.1 Å². The first-order chi connectivity index (χ1) is 9.76. The lowest BCUT2D eigenvalue weighted by molar-refractivity contribution is 0.108. The Bertz CT molecular complexity index is 461. The van der Waals surface area contributed by atoms with Gasteiger partial charge in [0.05, 0.1) is 19.2 Å². The van der Waals surface area contributed by atoms with E-state index in [9.17, 15) is 0 Å². The van der Waals surface area contributed by atoms with Crippen LogP contribution in [0, 0.1) is 11.3 Å². The number of nitriles is 1. The minimum atomic E-state index is 0.0777. The fourth-order valence-corrected chi connectivity index (χ4v) is 2.69. The molecule has 0 bridgehead atoms. The maximum atomic E-state index is 9.12. The molecule has 4 nitrogen and oxygen atoms in total. The highest BCUT2D eigenvalue weighted by atomic mass is 16.5. The van der Waals surface area contributed by atoms with Gasteiger partial charge in [0.2, 0.25) is 0 Å². The third kappa shape index (κ3) is 3.72. The molecule has 1 aromatic rings. The van der Waals surface area contributed by atoms with Crippen molar-refractivity contribution in [1.29, 1.82) is 5.26 Å². The number of benzene rings is 1. The Hall–Kier alpha value is -1.57. The lowest BCUT2D eigenvalue weighted by Gasteiger charge is -2.36. The Morgan fingerprint density at radius 1 is 1.30 bits per heavy atom. The average molecular weight is 273 g/mol. The van der Waals surface area contributed by atoms with E-state index in [4.69, 9.17) is 10.00 Å². The van der Waals surface area contributed by atoms with Gasteiger partial charge in [0, 0.05) is 32.7 Å². The zero-order valence-corrected chi connectivity index (χ0v) is 12.4. The lowest BCUT2D eigenvalue weighted by Crippen LogP contribution is -2.49. The number of methoxy groups -OCH3 is 1. The van der Waals surface area contributed by atoms with Crippen molar-refractivity contribution in [3.05, 3.63) is 29.8 Å². The van der Waals surface area contributed by atoms with Gasteiger partial charge in [0.25, 0.3) is 0 Å². The Labute approximate surface area is 121 Å². The third-order valence-corrected chi connectivity index (χ3v) is 3.92. The number of ether oxygens (including phenoxy) is 1. The third-order valence-electron chi connectivity index (χ3n) is 3.92. The van der Waals surface area contributed by atoms with Gasteiger partial charge in [-0.3, -0.25) is 9.80 Å². The van der Waals surface area contributed by atoms with E-state index in [2.05, 4.69) is 34.9 Å². The molecular formula is C16H23N3O. The molecule has 0 aliphatic carbocycles. The molecule has 2 rings (SSSR count). The molecule has 0 saturated carbocycles. The molecule has 0 aromatic heterocycles. The topological polar surface area (TPSA) is 39.5 Å². The zero-order valence-electron chi connectivity index (χ0n) is 12.4. The molecule has 20 heavy (non-hydrogen) atoms. The van der Waals surface area contributed by atoms with Gasteiger partial charge < -0.3 is 4.74 Å². The summed E-state index contributed by atoms with van der Waals surface area (Å²) in [6.45, 7) is 7.04. The second kappa shape index (κ2) is 7.28. The number of rotatable bonds is 5. The van der Waals surface area contributed by atoms with Crippen molar-refractivity contribution in [2.45, 2.75) is 25.9 Å². The molecule has 0 N–H and O–H groups in total. The van der Waals surface area contributed by atoms with Crippen LogP contribution < -0.4 is 4.74 Å². The maximum absolute atomic E-state index is 9.12. The Morgan fingerprint density at radius 3 is 2.65 bits per heavy atom. The van der Waals surface area contributed by atoms with E-state index in [1.807, 2.05) is 12.1 Å². The van der Waals surface area contributed by atoms with Crippen LogP contribution in [0.15, 0.2) is 24.3 Å². The Morgan fingerprint density at radius 2 is 2.05 bits per heavy atom. The first kappa shape index (κ1) is 14.8. The first-order valence-electron chi connectivity index (χ1n) is 7.25. The van der Waals surface area contributed by atoms with Gasteiger partial charge in [0.1, 0.15) is 5.75 Å². The van der Waals surface area contributed by atoms with Crippen LogP contribution in [0.3, 0.4) is 0 Å². The van der Waals surface area contributed by atoms with E-state index in [0.29, 0.717) is 0 Å². The van der Waals surface area contributed by atoms with Crippen LogP contribution in [0.25, 0.3) is 0 Å². The molecule has 1 aliphatic heterocycles. The predicted octanol–water partition coefficient (Wildman–Crippen LogP) is 2.11. The van der Waals surface area contributed by atoms with Crippen molar-refractivity contribution in [3.63, 3.8) is 0 Å². The van der Waals surface area contributed by atoms with Crippen LogP contribution >= 0.6 is 0 Å². The molecule has 1 aromatic carbocycles. The molecule has 1 unspecified atom stereocenters. The summed E-state index contributed by atoms with van der Waals surface area (Å²) in [6, 6.07) is 10.7. The van der Waals surface area contributed by atoms with E-state index >= 15 is 0 Å². The normalized spacial score (nSPS) is 18.4. The van der Waals surface area contributed by atoms with Crippen molar-refractivity contribution in [2.75, 3.05) is 33.3 Å². The van der Waals surface area contributed by atoms with Crippen molar-refractivity contribution in [2.24, 2.45) is 0 Å². The zero-order chi connectivity index (χ0) is 14.4. The van der Waals surface area contributed by atoms with E-state index in [1.165, 1.54) is 5.56 Å². The van der Waals surface area contributed by atoms with Crippen LogP contribution in [-0.2, 0) is 6.54 Å². The Kier molecular flexibility index (Phi) is 5.40. The second-order valence-corrected chi connectivity index (χ2v) is 5.22. The standard InChI is InChI=1S/C16H23N3O/c1-3-15(12-17)19-9-7-18(8-10-19)13-14-5-4-6-16(11-14)20-2/h4-6,11,15H,3,7-10,13H2,1-2H3. The van der Waals surface area contributed by atoms with Gasteiger partial charge >= 0.3 is 0 Å². The highest BCUT2D eigenvalue weighted by molar-refractivity contribution is 5.28. The highest BCUT2D eigenvalue weighted by Gasteiger charge is 2.22. The van der Waals surface area contributed by atoms with Crippen molar-refractivity contribution >= 4 is 0 Å². The number of nitrogens with zero attached hydrogens (tertiary/aromatic N) is 3. The minimum absolute atomic E-state index is 0.0777. The van der Waals surface area contributed by atoms with Crippen LogP contribution in [0.1, 0.15) is 18.9 Å². The lowest BCUT2D eigenvalue weighted by atomic mass is 10.1. The van der Waals surface area contributed by atoms with E-state index in [-0.39, 0.29) is 6.04 Å². The molecule has 0 radical (unpaired) electrons. The summed E-state index contributed by atoms with van der Waals surface area (Å²) in [5.74, 6) is 0.914. The predicted molar refractivity (Wildman–Crippen MR) is 79.5 cm³/mol. The highest BCUT2D eigenvalue weighted by Crippen LogP contribution is 2.16. The molecule has 1 saturated heterocycles. The summed E-state index contributed by atoms with van der Waals surface area (Å²) in [4.78, 5) is 4.73. The van der Waals surface area contributed by atoms with Gasteiger partial charge in [-0.15, -0.1) is 0 Å². The summed E-state index contributed by atoms with van der Waals surface area (Å²) in [7, 11) is 1.70. The van der Waals surface area contributed by atoms with Crippen molar-refractivity contribution < 1.29 is 4.74 Å². The fraction of sp³-hybridized carbons (Fsp3) is 0.562. The number of hydrogen-bond acceptors (Lipinski definition) is 4. The smallest absolute Gasteiger partial charge is 0.119 e. The SMILES string of the molecule is CCC(C#N)N1CCN(Cc2cccc(OC)c2)CC1. The molecule has 0 amide bonds. The van der Waals surface area contributed by atoms with Crippen LogP contribution in [0.2, 0.25) is 0 Å². The summed E-state index contributed by atoms with van der Waals surface area (Å²) >= 11 is 0. The summed E-state index contributed by atoms with van der Waals surface area (Å²) in [5, 5.41) is 9.12. The Balaban J connectivity index is 1.86. The molecular weight excluding hydrogens is 250 g/mol. The average Bonchev–Trinajstić information content (AvgIpc) is 2.50. The molecule has 0 spiro atoms. The quantitative estimate of drug-likeness (QED) is 0.824. The fourth-order valence-electron chi connectivity index (χ4n) is 2.69. The first-order valence-corrected chi connectivity index (χ1v) is 7.25. The molecule has 1 fully saturated rings. The van der Waals surface area contributed by atoms with Crippen molar-refractivity contribution in [3.8, 4) is 11.8 Å². The van der Waals surface area contributed by atoms with E-state index in [0.717, 1.165) is 44.9 Å². The second-order valence-electron chi connectivity index (χ2n) is 5.22. The maximum Gasteiger partial charge on any atom is 0.119 e. The summed E-state index contributed by atoms with van der Waals surface area (Å²) < 4.78 is 5.26. The minimum Gasteiger partial charge on any atom is -0.497 e. The van der Waals surface area contributed by atoms with Crippen LogP contribution in [-0.4, -0.2) is 49.1 Å². The van der Waals surface area contributed by atoms with Gasteiger partial charge in [-0.25, -0.2) is 0 Å². The summed E-state index contributed by atoms with van der Waals surface area (Å²) in [5.41, 5.74) is 1.28. The number of piperazine rings is 1. The van der Waals surface area contributed by atoms with E-state index in [1.54, 1.807) is 7.11 Å². The van der Waals surface area contributed by atoms with Gasteiger partial charge in [-0.2, -0.15) is 5.26 Å².